The summed E-state index contributed by atoms with van der Waals surface area (Å²) in [4.78, 5) is 13.1. The van der Waals surface area contributed by atoms with E-state index in [-0.39, 0.29) is 0 Å². The van der Waals surface area contributed by atoms with Crippen LogP contribution in [-0.4, -0.2) is 76.3 Å². The van der Waals surface area contributed by atoms with E-state index in [1.165, 1.54) is 26.2 Å². The van der Waals surface area contributed by atoms with E-state index in [1.54, 1.807) is 0 Å². The summed E-state index contributed by atoms with van der Waals surface area (Å²) in [6.07, 6.45) is 1.13. The summed E-state index contributed by atoms with van der Waals surface area (Å²) in [5.74, 6) is 0.741. The maximum absolute atomic E-state index is 6.17. The van der Waals surface area contributed by atoms with Crippen molar-refractivity contribution >= 4 is 39.2 Å². The monoisotopic (exact) mass is 423 g/mol. The van der Waals surface area contributed by atoms with Crippen LogP contribution >= 0.6 is 11.6 Å². The first kappa shape index (κ1) is 19.4. The molecule has 2 aromatic carbocycles. The number of benzene rings is 2. The Morgan fingerprint density at radius 3 is 2.80 bits per heavy atom. The summed E-state index contributed by atoms with van der Waals surface area (Å²) in [6.45, 7) is 6.79. The molecule has 0 atom stereocenters. The van der Waals surface area contributed by atoms with Gasteiger partial charge in [-0.2, -0.15) is 5.10 Å². The number of aromatic amines is 2. The third-order valence-electron chi connectivity index (χ3n) is 5.81. The SMILES string of the molecule is CN1CCN(CCCNc2ccc3nc(-c4n[nH]c5ccc(Cl)cc45)[nH]c3c2)CC1. The normalized spacial score (nSPS) is 15.9. The van der Waals surface area contributed by atoms with Gasteiger partial charge in [0.25, 0.3) is 0 Å². The Balaban J connectivity index is 1.25. The number of likely N-dealkylation sites (N-methyl/N-ethyl adjacent to an activating group) is 1. The second-order valence-corrected chi connectivity index (χ2v) is 8.44. The highest BCUT2D eigenvalue weighted by molar-refractivity contribution is 6.31. The fourth-order valence-corrected chi connectivity index (χ4v) is 4.18. The average molecular weight is 424 g/mol. The van der Waals surface area contributed by atoms with Crippen molar-refractivity contribution in [2.24, 2.45) is 0 Å². The number of nitrogens with zero attached hydrogens (tertiary/aromatic N) is 4. The Hall–Kier alpha value is -2.61. The molecule has 1 aliphatic heterocycles. The van der Waals surface area contributed by atoms with Crippen molar-refractivity contribution in [1.82, 2.24) is 30.0 Å². The van der Waals surface area contributed by atoms with Crippen molar-refractivity contribution < 1.29 is 0 Å². The maximum Gasteiger partial charge on any atom is 0.159 e. The van der Waals surface area contributed by atoms with Gasteiger partial charge in [-0.15, -0.1) is 0 Å². The molecule has 4 aromatic rings. The van der Waals surface area contributed by atoms with E-state index in [9.17, 15) is 0 Å². The van der Waals surface area contributed by atoms with Gasteiger partial charge in [0.05, 0.1) is 16.6 Å². The molecule has 3 heterocycles. The third kappa shape index (κ3) is 4.01. The molecule has 1 fully saturated rings. The first-order valence-electron chi connectivity index (χ1n) is 10.4. The van der Waals surface area contributed by atoms with E-state index in [4.69, 9.17) is 16.6 Å². The number of anilines is 1. The first-order valence-corrected chi connectivity index (χ1v) is 10.8. The molecule has 0 amide bonds. The number of H-pyrrole nitrogens is 2. The van der Waals surface area contributed by atoms with Crippen LogP contribution in [0.5, 0.6) is 0 Å². The minimum atomic E-state index is 0.685. The van der Waals surface area contributed by atoms with E-state index >= 15 is 0 Å². The van der Waals surface area contributed by atoms with Crippen LogP contribution in [0.1, 0.15) is 6.42 Å². The van der Waals surface area contributed by atoms with Gasteiger partial charge in [-0.1, -0.05) is 11.6 Å². The van der Waals surface area contributed by atoms with Crippen LogP contribution in [0.3, 0.4) is 0 Å². The number of hydrogen-bond acceptors (Lipinski definition) is 5. The molecule has 0 unspecified atom stereocenters. The Kier molecular flexibility index (Phi) is 5.33. The summed E-state index contributed by atoms with van der Waals surface area (Å²) in [7, 11) is 2.19. The lowest BCUT2D eigenvalue weighted by Crippen LogP contribution is -2.44. The Bertz CT molecular complexity index is 1160. The van der Waals surface area contributed by atoms with Gasteiger partial charge in [-0.3, -0.25) is 5.10 Å². The zero-order valence-electron chi connectivity index (χ0n) is 17.1. The van der Waals surface area contributed by atoms with E-state index < -0.39 is 0 Å². The molecule has 30 heavy (non-hydrogen) atoms. The molecule has 2 aromatic heterocycles. The van der Waals surface area contributed by atoms with Crippen molar-refractivity contribution in [2.75, 3.05) is 51.6 Å². The minimum absolute atomic E-state index is 0.685. The largest absolute Gasteiger partial charge is 0.385 e. The van der Waals surface area contributed by atoms with E-state index in [1.807, 2.05) is 24.3 Å². The minimum Gasteiger partial charge on any atom is -0.385 e. The molecule has 0 saturated carbocycles. The molecule has 5 rings (SSSR count). The van der Waals surface area contributed by atoms with Gasteiger partial charge in [0, 0.05) is 48.8 Å². The summed E-state index contributed by atoms with van der Waals surface area (Å²) in [6, 6.07) is 11.9. The first-order chi connectivity index (χ1) is 14.7. The van der Waals surface area contributed by atoms with E-state index in [0.29, 0.717) is 5.02 Å². The molecule has 0 aliphatic carbocycles. The lowest BCUT2D eigenvalue weighted by atomic mass is 10.2. The third-order valence-corrected chi connectivity index (χ3v) is 6.04. The molecule has 156 valence electrons. The average Bonchev–Trinajstić information content (AvgIpc) is 3.35. The van der Waals surface area contributed by atoms with Gasteiger partial charge in [0.1, 0.15) is 5.69 Å². The molecule has 7 nitrogen and oxygen atoms in total. The number of aromatic nitrogens is 4. The summed E-state index contributed by atoms with van der Waals surface area (Å²) in [5, 5.41) is 12.7. The number of fused-ring (bicyclic) bond motifs is 2. The molecule has 1 saturated heterocycles. The second kappa shape index (κ2) is 8.26. The number of piperazine rings is 1. The van der Waals surface area contributed by atoms with E-state index in [2.05, 4.69) is 49.5 Å². The molecule has 0 bridgehead atoms. The molecule has 1 aliphatic rings. The van der Waals surface area contributed by atoms with Gasteiger partial charge in [0.2, 0.25) is 0 Å². The highest BCUT2D eigenvalue weighted by Crippen LogP contribution is 2.28. The predicted molar refractivity (Wildman–Crippen MR) is 123 cm³/mol. The fraction of sp³-hybridized carbons (Fsp3) is 0.364. The summed E-state index contributed by atoms with van der Waals surface area (Å²) >= 11 is 6.17. The van der Waals surface area contributed by atoms with Crippen LogP contribution in [0.2, 0.25) is 5.02 Å². The molecule has 3 N–H and O–H groups in total. The quantitative estimate of drug-likeness (QED) is 0.411. The Morgan fingerprint density at radius 1 is 1.07 bits per heavy atom. The van der Waals surface area contributed by atoms with Crippen molar-refractivity contribution in [3.8, 4) is 11.5 Å². The summed E-state index contributed by atoms with van der Waals surface area (Å²) < 4.78 is 0. The lowest BCUT2D eigenvalue weighted by molar-refractivity contribution is 0.154. The number of rotatable bonds is 6. The Morgan fingerprint density at radius 2 is 1.93 bits per heavy atom. The van der Waals surface area contributed by atoms with Gasteiger partial charge in [0.15, 0.2) is 5.82 Å². The van der Waals surface area contributed by atoms with Gasteiger partial charge in [-0.05, 0) is 56.4 Å². The predicted octanol–water partition coefficient (Wildman–Crippen LogP) is 3.81. The topological polar surface area (TPSA) is 75.9 Å². The standard InChI is InChI=1S/C22H26ClN7/c1-29-9-11-30(12-10-29)8-2-7-24-16-4-6-19-20(14-16)26-22(25-19)21-17-13-15(23)3-5-18(17)27-28-21/h3-6,13-14,24H,2,7-12H2,1H3,(H,25,26)(H,27,28). The van der Waals surface area contributed by atoms with Crippen LogP contribution in [-0.2, 0) is 0 Å². The smallest absolute Gasteiger partial charge is 0.159 e. The molecule has 0 spiro atoms. The van der Waals surface area contributed by atoms with Crippen LogP contribution in [0, 0.1) is 0 Å². The lowest BCUT2D eigenvalue weighted by Gasteiger charge is -2.32. The van der Waals surface area contributed by atoms with Crippen molar-refractivity contribution in [3.05, 3.63) is 41.4 Å². The van der Waals surface area contributed by atoms with Crippen LogP contribution in [0.15, 0.2) is 36.4 Å². The maximum atomic E-state index is 6.17. The second-order valence-electron chi connectivity index (χ2n) is 8.00. The molecular weight excluding hydrogens is 398 g/mol. The molecule has 8 heteroatoms. The van der Waals surface area contributed by atoms with E-state index in [0.717, 1.165) is 58.7 Å². The zero-order valence-corrected chi connectivity index (χ0v) is 17.8. The highest BCUT2D eigenvalue weighted by atomic mass is 35.5. The van der Waals surface area contributed by atoms with Gasteiger partial charge < -0.3 is 20.1 Å². The van der Waals surface area contributed by atoms with Gasteiger partial charge >= 0.3 is 0 Å². The molecule has 0 radical (unpaired) electrons. The number of imidazole rings is 1. The van der Waals surface area contributed by atoms with Crippen molar-refractivity contribution in [3.63, 3.8) is 0 Å². The fourth-order valence-electron chi connectivity index (χ4n) is 4.01. The summed E-state index contributed by atoms with van der Waals surface area (Å²) in [5.41, 5.74) is 4.74. The van der Waals surface area contributed by atoms with Crippen LogP contribution in [0.25, 0.3) is 33.5 Å². The highest BCUT2D eigenvalue weighted by Gasteiger charge is 2.14. The zero-order chi connectivity index (χ0) is 20.5. The van der Waals surface area contributed by atoms with Gasteiger partial charge in [-0.25, -0.2) is 4.98 Å². The number of nitrogens with one attached hydrogen (secondary N) is 3. The van der Waals surface area contributed by atoms with Crippen LogP contribution < -0.4 is 5.32 Å². The van der Waals surface area contributed by atoms with Crippen LogP contribution in [0.4, 0.5) is 5.69 Å². The number of hydrogen-bond donors (Lipinski definition) is 3. The number of halogens is 1. The van der Waals surface area contributed by atoms with Crippen molar-refractivity contribution in [2.45, 2.75) is 6.42 Å². The Labute approximate surface area is 180 Å². The molecular formula is C22H26ClN7. The van der Waals surface area contributed by atoms with Crippen molar-refractivity contribution in [1.29, 1.82) is 0 Å².